The summed E-state index contributed by atoms with van der Waals surface area (Å²) in [5.41, 5.74) is 1.35. The van der Waals surface area contributed by atoms with Gasteiger partial charge in [0.25, 0.3) is 0 Å². The summed E-state index contributed by atoms with van der Waals surface area (Å²) in [5, 5.41) is 3.67. The number of nitrogens with one attached hydrogen (secondary N) is 1. The second-order valence-corrected chi connectivity index (χ2v) is 8.39. The van der Waals surface area contributed by atoms with Crippen molar-refractivity contribution in [2.75, 3.05) is 44.7 Å². The molecular weight excluding hydrogens is 324 g/mol. The largest absolute Gasteiger partial charge is 0.374 e. The average Bonchev–Trinajstić information content (AvgIpc) is 3.44. The highest BCUT2D eigenvalue weighted by atomic mass is 16.5. The molecule has 1 aromatic rings. The van der Waals surface area contributed by atoms with Crippen LogP contribution >= 0.6 is 0 Å². The summed E-state index contributed by atoms with van der Waals surface area (Å²) in [7, 11) is 1.92. The van der Waals surface area contributed by atoms with Gasteiger partial charge in [-0.15, -0.1) is 0 Å². The minimum Gasteiger partial charge on any atom is -0.374 e. The molecule has 0 spiro atoms. The van der Waals surface area contributed by atoms with Crippen LogP contribution in [-0.4, -0.2) is 62.8 Å². The third-order valence-corrected chi connectivity index (χ3v) is 6.92. The van der Waals surface area contributed by atoms with Crippen molar-refractivity contribution in [3.8, 4) is 0 Å². The molecule has 2 bridgehead atoms. The Bertz CT molecular complexity index is 645. The maximum atomic E-state index is 6.10. The van der Waals surface area contributed by atoms with Gasteiger partial charge < -0.3 is 19.9 Å². The van der Waals surface area contributed by atoms with Crippen molar-refractivity contribution < 1.29 is 4.74 Å². The Morgan fingerprint density at radius 1 is 1.08 bits per heavy atom. The number of guanidine groups is 1. The number of para-hydroxylation sites is 1. The van der Waals surface area contributed by atoms with Crippen molar-refractivity contribution in [1.29, 1.82) is 0 Å². The fraction of sp³-hybridized carbons (Fsp3) is 0.667. The van der Waals surface area contributed by atoms with Crippen LogP contribution in [0.15, 0.2) is 35.3 Å². The monoisotopic (exact) mass is 354 g/mol. The fourth-order valence-corrected chi connectivity index (χ4v) is 5.57. The van der Waals surface area contributed by atoms with Crippen LogP contribution in [0.4, 0.5) is 5.69 Å². The molecule has 0 aliphatic carbocycles. The van der Waals surface area contributed by atoms with Crippen molar-refractivity contribution in [3.63, 3.8) is 0 Å². The van der Waals surface area contributed by atoms with Crippen molar-refractivity contribution >= 4 is 11.6 Å². The normalized spacial score (nSPS) is 36.0. The van der Waals surface area contributed by atoms with Gasteiger partial charge in [-0.25, -0.2) is 0 Å². The van der Waals surface area contributed by atoms with E-state index in [1.165, 1.54) is 24.9 Å². The maximum Gasteiger partial charge on any atom is 0.193 e. The number of anilines is 1. The van der Waals surface area contributed by atoms with Crippen LogP contribution in [0.2, 0.25) is 0 Å². The number of likely N-dealkylation sites (tertiary alicyclic amines) is 1. The van der Waals surface area contributed by atoms with Crippen molar-refractivity contribution in [1.82, 2.24) is 10.2 Å². The number of ether oxygens (including phenoxy) is 1. The van der Waals surface area contributed by atoms with Gasteiger partial charge in [-0.2, -0.15) is 0 Å². The summed E-state index contributed by atoms with van der Waals surface area (Å²) in [4.78, 5) is 9.57. The van der Waals surface area contributed by atoms with E-state index in [-0.39, 0.29) is 0 Å². The summed E-state index contributed by atoms with van der Waals surface area (Å²) in [6, 6.07) is 10.8. The fourth-order valence-electron chi connectivity index (χ4n) is 5.57. The van der Waals surface area contributed by atoms with Gasteiger partial charge in [-0.1, -0.05) is 18.2 Å². The molecule has 4 heterocycles. The molecule has 4 fully saturated rings. The first-order chi connectivity index (χ1) is 12.8. The van der Waals surface area contributed by atoms with Gasteiger partial charge in [-0.3, -0.25) is 4.99 Å². The molecule has 0 saturated carbocycles. The summed E-state index contributed by atoms with van der Waals surface area (Å²) >= 11 is 0. The predicted molar refractivity (Wildman–Crippen MR) is 105 cm³/mol. The quantitative estimate of drug-likeness (QED) is 0.667. The Morgan fingerprint density at radius 3 is 2.50 bits per heavy atom. The molecule has 5 heteroatoms. The molecule has 26 heavy (non-hydrogen) atoms. The van der Waals surface area contributed by atoms with Gasteiger partial charge in [0.05, 0.1) is 12.2 Å². The van der Waals surface area contributed by atoms with Gasteiger partial charge in [0.15, 0.2) is 5.96 Å². The third kappa shape index (κ3) is 2.86. The standard InChI is InChI=1S/C21H30N4O/c1-22-21(25-13-17-18(14-25)20-8-7-19(17)26-20)23-11-15-9-10-24(12-15)16-5-3-2-4-6-16/h2-6,15,17-20H,7-14H2,1H3,(H,22,23). The molecular formula is C21H30N4O. The summed E-state index contributed by atoms with van der Waals surface area (Å²) in [6.45, 7) is 5.55. The van der Waals surface area contributed by atoms with Crippen molar-refractivity contribution in [3.05, 3.63) is 30.3 Å². The average molecular weight is 354 g/mol. The van der Waals surface area contributed by atoms with Gasteiger partial charge in [0.2, 0.25) is 0 Å². The minimum absolute atomic E-state index is 0.516. The lowest BCUT2D eigenvalue weighted by atomic mass is 9.82. The molecule has 5 atom stereocenters. The first-order valence-corrected chi connectivity index (χ1v) is 10.2. The van der Waals surface area contributed by atoms with Crippen LogP contribution in [0.1, 0.15) is 19.3 Å². The molecule has 0 amide bonds. The van der Waals surface area contributed by atoms with Crippen LogP contribution in [0.3, 0.4) is 0 Å². The van der Waals surface area contributed by atoms with E-state index in [1.807, 2.05) is 7.05 Å². The zero-order valence-electron chi connectivity index (χ0n) is 15.7. The Hall–Kier alpha value is -1.75. The molecule has 0 radical (unpaired) electrons. The molecule has 5 rings (SSSR count). The van der Waals surface area contributed by atoms with E-state index in [1.54, 1.807) is 0 Å². The molecule has 140 valence electrons. The highest BCUT2D eigenvalue weighted by molar-refractivity contribution is 5.80. The Kier molecular flexibility index (Phi) is 4.27. The second-order valence-electron chi connectivity index (χ2n) is 8.39. The number of aliphatic imine (C=N–C) groups is 1. The van der Waals surface area contributed by atoms with E-state index in [2.05, 4.69) is 50.4 Å². The molecule has 4 aliphatic heterocycles. The third-order valence-electron chi connectivity index (χ3n) is 6.92. The van der Waals surface area contributed by atoms with E-state index < -0.39 is 0 Å². The number of rotatable bonds is 3. The number of fused-ring (bicyclic) bond motifs is 5. The highest BCUT2D eigenvalue weighted by Gasteiger charge is 2.53. The van der Waals surface area contributed by atoms with Crippen LogP contribution in [0.5, 0.6) is 0 Å². The zero-order valence-corrected chi connectivity index (χ0v) is 15.7. The summed E-state index contributed by atoms with van der Waals surface area (Å²) in [5.74, 6) is 3.24. The zero-order chi connectivity index (χ0) is 17.5. The van der Waals surface area contributed by atoms with E-state index in [9.17, 15) is 0 Å². The van der Waals surface area contributed by atoms with E-state index >= 15 is 0 Å². The number of nitrogens with zero attached hydrogens (tertiary/aromatic N) is 3. The molecule has 1 N–H and O–H groups in total. The topological polar surface area (TPSA) is 40.1 Å². The van der Waals surface area contributed by atoms with Gasteiger partial charge >= 0.3 is 0 Å². The number of hydrogen-bond acceptors (Lipinski definition) is 3. The molecule has 5 nitrogen and oxygen atoms in total. The van der Waals surface area contributed by atoms with E-state index in [0.717, 1.165) is 50.5 Å². The van der Waals surface area contributed by atoms with Crippen LogP contribution in [0.25, 0.3) is 0 Å². The molecule has 5 unspecified atom stereocenters. The van der Waals surface area contributed by atoms with Gasteiger partial charge in [-0.05, 0) is 37.3 Å². The SMILES string of the molecule is CN=C(NCC1CCN(c2ccccc2)C1)N1CC2C3CCC(O3)C2C1. The Labute approximate surface area is 156 Å². The number of benzene rings is 1. The first kappa shape index (κ1) is 16.4. The lowest BCUT2D eigenvalue weighted by Crippen LogP contribution is -2.43. The first-order valence-electron chi connectivity index (χ1n) is 10.2. The van der Waals surface area contributed by atoms with Gasteiger partial charge in [0, 0.05) is 57.3 Å². The summed E-state index contributed by atoms with van der Waals surface area (Å²) in [6.07, 6.45) is 4.82. The van der Waals surface area contributed by atoms with E-state index in [0.29, 0.717) is 18.1 Å². The maximum absolute atomic E-state index is 6.10. The molecule has 1 aromatic carbocycles. The summed E-state index contributed by atoms with van der Waals surface area (Å²) < 4.78 is 6.10. The molecule has 0 aromatic heterocycles. The Balaban J connectivity index is 1.14. The lowest BCUT2D eigenvalue weighted by molar-refractivity contribution is 0.0767. The van der Waals surface area contributed by atoms with Gasteiger partial charge in [0.1, 0.15) is 0 Å². The number of hydrogen-bond donors (Lipinski definition) is 1. The van der Waals surface area contributed by atoms with Crippen molar-refractivity contribution in [2.24, 2.45) is 22.7 Å². The van der Waals surface area contributed by atoms with Crippen LogP contribution < -0.4 is 10.2 Å². The predicted octanol–water partition coefficient (Wildman–Crippen LogP) is 2.20. The van der Waals surface area contributed by atoms with E-state index in [4.69, 9.17) is 4.74 Å². The lowest BCUT2D eigenvalue weighted by Gasteiger charge is -2.25. The second kappa shape index (κ2) is 6.76. The van der Waals surface area contributed by atoms with Crippen LogP contribution in [0, 0.1) is 17.8 Å². The van der Waals surface area contributed by atoms with Crippen LogP contribution in [-0.2, 0) is 4.74 Å². The van der Waals surface area contributed by atoms with Crippen molar-refractivity contribution in [2.45, 2.75) is 31.5 Å². The molecule has 4 aliphatic rings. The molecule has 4 saturated heterocycles. The smallest absolute Gasteiger partial charge is 0.193 e. The minimum atomic E-state index is 0.516. The Morgan fingerprint density at radius 2 is 1.81 bits per heavy atom. The highest BCUT2D eigenvalue weighted by Crippen LogP contribution is 2.47.